The van der Waals surface area contributed by atoms with E-state index in [9.17, 15) is 0 Å². The highest BCUT2D eigenvalue weighted by atomic mass is 32.2. The lowest BCUT2D eigenvalue weighted by Crippen LogP contribution is -2.00. The van der Waals surface area contributed by atoms with Crippen LogP contribution in [0.4, 0.5) is 0 Å². The Labute approximate surface area is 76.8 Å². The molecule has 0 unspecified atom stereocenters. The molecule has 66 valence electrons. The van der Waals surface area contributed by atoms with Crippen molar-refractivity contribution in [1.29, 1.82) is 0 Å². The van der Waals surface area contributed by atoms with Gasteiger partial charge in [0, 0.05) is 12.4 Å². The molecular weight excluding hydrogens is 170 g/mol. The second-order valence-electron chi connectivity index (χ2n) is 2.36. The van der Waals surface area contributed by atoms with E-state index in [-0.39, 0.29) is 0 Å². The molecule has 0 aliphatic rings. The standard InChI is InChI=1S/C8H13N3S/c9-3-1-6-12-7-8-10-4-2-5-11-8/h2,4-5H,1,3,6-7,9H2. The highest BCUT2D eigenvalue weighted by Gasteiger charge is 1.93. The molecule has 1 aromatic heterocycles. The van der Waals surface area contributed by atoms with Gasteiger partial charge in [-0.05, 0) is 24.8 Å². The fraction of sp³-hybridized carbons (Fsp3) is 0.500. The zero-order chi connectivity index (χ0) is 8.65. The Balaban J connectivity index is 2.16. The normalized spacial score (nSPS) is 10.1. The van der Waals surface area contributed by atoms with Crippen LogP contribution in [0.2, 0.25) is 0 Å². The summed E-state index contributed by atoms with van der Waals surface area (Å²) in [5.74, 6) is 2.88. The van der Waals surface area contributed by atoms with Crippen molar-refractivity contribution in [3.05, 3.63) is 24.3 Å². The molecule has 0 atom stereocenters. The van der Waals surface area contributed by atoms with E-state index >= 15 is 0 Å². The van der Waals surface area contributed by atoms with E-state index in [1.807, 2.05) is 17.8 Å². The maximum Gasteiger partial charge on any atom is 0.138 e. The molecule has 0 aliphatic heterocycles. The van der Waals surface area contributed by atoms with Crippen LogP contribution in [-0.2, 0) is 5.75 Å². The molecule has 1 heterocycles. The molecule has 0 aliphatic carbocycles. The minimum atomic E-state index is 0.767. The molecule has 12 heavy (non-hydrogen) atoms. The summed E-state index contributed by atoms with van der Waals surface area (Å²) >= 11 is 1.83. The lowest BCUT2D eigenvalue weighted by atomic mass is 10.5. The average Bonchev–Trinajstić information content (AvgIpc) is 2.14. The van der Waals surface area contributed by atoms with Crippen molar-refractivity contribution in [3.8, 4) is 0 Å². The zero-order valence-electron chi connectivity index (χ0n) is 6.94. The Morgan fingerprint density at radius 2 is 2.08 bits per heavy atom. The van der Waals surface area contributed by atoms with Gasteiger partial charge in [-0.2, -0.15) is 11.8 Å². The van der Waals surface area contributed by atoms with Crippen LogP contribution in [0.5, 0.6) is 0 Å². The summed E-state index contributed by atoms with van der Waals surface area (Å²) in [5, 5.41) is 0. The number of aromatic nitrogens is 2. The van der Waals surface area contributed by atoms with E-state index in [1.165, 1.54) is 0 Å². The maximum absolute atomic E-state index is 5.36. The van der Waals surface area contributed by atoms with Gasteiger partial charge in [-0.1, -0.05) is 0 Å². The van der Waals surface area contributed by atoms with E-state index < -0.39 is 0 Å². The van der Waals surface area contributed by atoms with E-state index in [0.717, 1.165) is 30.3 Å². The second-order valence-corrected chi connectivity index (χ2v) is 3.47. The lowest BCUT2D eigenvalue weighted by Gasteiger charge is -1.97. The molecule has 4 heteroatoms. The van der Waals surface area contributed by atoms with Crippen LogP contribution in [0.1, 0.15) is 12.2 Å². The molecule has 0 spiro atoms. The summed E-state index contributed by atoms with van der Waals surface area (Å²) in [7, 11) is 0. The number of hydrogen-bond donors (Lipinski definition) is 1. The Bertz CT molecular complexity index is 203. The van der Waals surface area contributed by atoms with E-state index in [2.05, 4.69) is 9.97 Å². The minimum Gasteiger partial charge on any atom is -0.330 e. The summed E-state index contributed by atoms with van der Waals surface area (Å²) in [6.45, 7) is 0.767. The Hall–Kier alpha value is -0.610. The van der Waals surface area contributed by atoms with Crippen LogP contribution in [0.15, 0.2) is 18.5 Å². The molecule has 3 nitrogen and oxygen atoms in total. The van der Waals surface area contributed by atoms with Gasteiger partial charge in [-0.25, -0.2) is 9.97 Å². The third-order valence-electron chi connectivity index (χ3n) is 1.34. The van der Waals surface area contributed by atoms with E-state index in [0.29, 0.717) is 0 Å². The molecule has 0 saturated heterocycles. The first kappa shape index (κ1) is 9.48. The third-order valence-corrected chi connectivity index (χ3v) is 2.38. The molecule has 0 amide bonds. The van der Waals surface area contributed by atoms with Crippen molar-refractivity contribution in [1.82, 2.24) is 9.97 Å². The van der Waals surface area contributed by atoms with E-state index in [1.54, 1.807) is 12.4 Å². The first-order valence-electron chi connectivity index (χ1n) is 3.97. The van der Waals surface area contributed by atoms with Gasteiger partial charge in [-0.15, -0.1) is 0 Å². The first-order chi connectivity index (χ1) is 5.93. The van der Waals surface area contributed by atoms with Crippen LogP contribution < -0.4 is 5.73 Å². The molecule has 0 bridgehead atoms. The summed E-state index contributed by atoms with van der Waals surface area (Å²) in [4.78, 5) is 8.23. The van der Waals surface area contributed by atoms with Crippen LogP contribution in [0, 0.1) is 0 Å². The number of nitrogens with two attached hydrogens (primary N) is 1. The maximum atomic E-state index is 5.36. The van der Waals surface area contributed by atoms with Crippen molar-refractivity contribution in [2.45, 2.75) is 12.2 Å². The second kappa shape index (κ2) is 5.97. The van der Waals surface area contributed by atoms with Gasteiger partial charge in [0.2, 0.25) is 0 Å². The van der Waals surface area contributed by atoms with Gasteiger partial charge in [0.25, 0.3) is 0 Å². The van der Waals surface area contributed by atoms with Crippen molar-refractivity contribution in [2.75, 3.05) is 12.3 Å². The summed E-state index contributed by atoms with van der Waals surface area (Å²) in [6.07, 6.45) is 4.61. The highest BCUT2D eigenvalue weighted by Crippen LogP contribution is 2.07. The van der Waals surface area contributed by atoms with Crippen LogP contribution >= 0.6 is 11.8 Å². The van der Waals surface area contributed by atoms with Crippen LogP contribution in [-0.4, -0.2) is 22.3 Å². The molecule has 1 rings (SSSR count). The smallest absolute Gasteiger partial charge is 0.138 e. The van der Waals surface area contributed by atoms with Gasteiger partial charge >= 0.3 is 0 Å². The fourth-order valence-corrected chi connectivity index (χ4v) is 1.60. The van der Waals surface area contributed by atoms with Gasteiger partial charge in [-0.3, -0.25) is 0 Å². The lowest BCUT2D eigenvalue weighted by molar-refractivity contribution is 0.940. The van der Waals surface area contributed by atoms with Crippen molar-refractivity contribution in [2.24, 2.45) is 5.73 Å². The van der Waals surface area contributed by atoms with Gasteiger partial charge < -0.3 is 5.73 Å². The van der Waals surface area contributed by atoms with Gasteiger partial charge in [0.05, 0.1) is 5.75 Å². The Kier molecular flexibility index (Phi) is 4.71. The van der Waals surface area contributed by atoms with Gasteiger partial charge in [0.1, 0.15) is 5.82 Å². The Morgan fingerprint density at radius 3 is 2.75 bits per heavy atom. The van der Waals surface area contributed by atoms with E-state index in [4.69, 9.17) is 5.73 Å². The summed E-state index contributed by atoms with van der Waals surface area (Å²) < 4.78 is 0. The molecular formula is C8H13N3S. The van der Waals surface area contributed by atoms with Crippen LogP contribution in [0.3, 0.4) is 0 Å². The topological polar surface area (TPSA) is 51.8 Å². The predicted molar refractivity (Wildman–Crippen MR) is 51.9 cm³/mol. The SMILES string of the molecule is NCCCSCc1ncccn1. The molecule has 0 radical (unpaired) electrons. The number of nitrogens with zero attached hydrogens (tertiary/aromatic N) is 2. The third kappa shape index (κ3) is 3.69. The molecule has 0 fully saturated rings. The zero-order valence-corrected chi connectivity index (χ0v) is 7.76. The van der Waals surface area contributed by atoms with Gasteiger partial charge in [0.15, 0.2) is 0 Å². The fourth-order valence-electron chi connectivity index (χ4n) is 0.753. The van der Waals surface area contributed by atoms with Crippen LogP contribution in [0.25, 0.3) is 0 Å². The summed E-state index contributed by atoms with van der Waals surface area (Å²) in [6, 6.07) is 1.83. The number of hydrogen-bond acceptors (Lipinski definition) is 4. The molecule has 0 saturated carbocycles. The average molecular weight is 183 g/mol. The number of thioether (sulfide) groups is 1. The number of rotatable bonds is 5. The van der Waals surface area contributed by atoms with Crippen molar-refractivity contribution < 1.29 is 0 Å². The predicted octanol–water partition coefficient (Wildman–Crippen LogP) is 1.06. The molecule has 0 aromatic carbocycles. The van der Waals surface area contributed by atoms with Crippen molar-refractivity contribution >= 4 is 11.8 Å². The molecule has 1 aromatic rings. The summed E-state index contributed by atoms with van der Waals surface area (Å²) in [5.41, 5.74) is 5.36. The van der Waals surface area contributed by atoms with Crippen molar-refractivity contribution in [3.63, 3.8) is 0 Å². The quantitative estimate of drug-likeness (QED) is 0.693. The highest BCUT2D eigenvalue weighted by molar-refractivity contribution is 7.98. The monoisotopic (exact) mass is 183 g/mol. The Morgan fingerprint density at radius 1 is 1.33 bits per heavy atom. The minimum absolute atomic E-state index is 0.767. The first-order valence-corrected chi connectivity index (χ1v) is 5.12. The largest absolute Gasteiger partial charge is 0.330 e. The molecule has 2 N–H and O–H groups in total.